The largest absolute Gasteiger partial charge is 0.355 e. The molecule has 0 radical (unpaired) electrons. The molecule has 0 aliphatic heterocycles. The third kappa shape index (κ3) is 3.19. The Morgan fingerprint density at radius 1 is 1.21 bits per heavy atom. The summed E-state index contributed by atoms with van der Waals surface area (Å²) in [6.45, 7) is 2.19. The van der Waals surface area contributed by atoms with Crippen LogP contribution in [-0.2, 0) is 12.8 Å². The molecule has 1 aliphatic carbocycles. The molecule has 0 unspecified atom stereocenters. The van der Waals surface area contributed by atoms with Crippen molar-refractivity contribution in [2.24, 2.45) is 5.92 Å². The fraction of sp³-hybridized carbons (Fsp3) is 0.333. The molecule has 6 heteroatoms. The third-order valence-corrected chi connectivity index (χ3v) is 5.47. The van der Waals surface area contributed by atoms with Gasteiger partial charge in [-0.1, -0.05) is 6.92 Å². The number of benzene rings is 1. The van der Waals surface area contributed by atoms with Crippen LogP contribution < -0.4 is 10.6 Å². The number of thiophene rings is 1. The molecule has 0 fully saturated rings. The smallest absolute Gasteiger partial charge is 0.256 e. The Kier molecular flexibility index (Phi) is 4.66. The second kappa shape index (κ2) is 6.73. The van der Waals surface area contributed by atoms with E-state index < -0.39 is 5.82 Å². The van der Waals surface area contributed by atoms with Crippen molar-refractivity contribution in [3.63, 3.8) is 0 Å². The molecule has 2 N–H and O–H groups in total. The molecule has 0 saturated carbocycles. The van der Waals surface area contributed by atoms with E-state index in [9.17, 15) is 14.0 Å². The lowest BCUT2D eigenvalue weighted by molar-refractivity contribution is 0.0963. The van der Waals surface area contributed by atoms with E-state index in [4.69, 9.17) is 0 Å². The summed E-state index contributed by atoms with van der Waals surface area (Å²) in [5.74, 6) is -0.337. The zero-order valence-electron chi connectivity index (χ0n) is 13.6. The summed E-state index contributed by atoms with van der Waals surface area (Å²) in [5.41, 5.74) is 1.98. The van der Waals surface area contributed by atoms with Gasteiger partial charge >= 0.3 is 0 Å². The van der Waals surface area contributed by atoms with Gasteiger partial charge in [0.05, 0.1) is 5.56 Å². The van der Waals surface area contributed by atoms with Crippen LogP contribution in [0.5, 0.6) is 0 Å². The number of carbonyl (C=O) groups is 2. The average Bonchev–Trinajstić information content (AvgIpc) is 2.91. The Bertz CT molecular complexity index is 783. The predicted molar refractivity (Wildman–Crippen MR) is 93.3 cm³/mol. The van der Waals surface area contributed by atoms with Crippen LogP contribution >= 0.6 is 11.3 Å². The molecule has 0 spiro atoms. The third-order valence-electron chi connectivity index (χ3n) is 4.30. The molecule has 1 aliphatic rings. The van der Waals surface area contributed by atoms with Gasteiger partial charge < -0.3 is 10.6 Å². The quantitative estimate of drug-likeness (QED) is 0.892. The highest BCUT2D eigenvalue weighted by atomic mass is 32.1. The van der Waals surface area contributed by atoms with E-state index in [1.54, 1.807) is 7.05 Å². The number of hydrogen-bond acceptors (Lipinski definition) is 3. The van der Waals surface area contributed by atoms with E-state index >= 15 is 0 Å². The normalized spacial score (nSPS) is 16.4. The lowest BCUT2D eigenvalue weighted by Gasteiger charge is -2.18. The topological polar surface area (TPSA) is 58.2 Å². The van der Waals surface area contributed by atoms with Crippen LogP contribution in [-0.4, -0.2) is 18.9 Å². The first-order valence-corrected chi connectivity index (χ1v) is 8.74. The lowest BCUT2D eigenvalue weighted by atomic mass is 9.88. The van der Waals surface area contributed by atoms with Crippen molar-refractivity contribution in [3.8, 4) is 0 Å². The molecule has 0 bridgehead atoms. The second-order valence-corrected chi connectivity index (χ2v) is 7.20. The van der Waals surface area contributed by atoms with Crippen molar-refractivity contribution in [1.82, 2.24) is 5.32 Å². The number of hydrogen-bond donors (Lipinski definition) is 2. The van der Waals surface area contributed by atoms with E-state index in [0.29, 0.717) is 22.0 Å². The van der Waals surface area contributed by atoms with E-state index in [1.165, 1.54) is 40.5 Å². The fourth-order valence-corrected chi connectivity index (χ4v) is 4.38. The number of amides is 2. The Morgan fingerprint density at radius 2 is 1.92 bits per heavy atom. The number of fused-ring (bicyclic) bond motifs is 1. The van der Waals surface area contributed by atoms with Crippen molar-refractivity contribution in [2.75, 3.05) is 12.4 Å². The molecule has 1 heterocycles. The molecule has 1 aromatic heterocycles. The van der Waals surface area contributed by atoms with Gasteiger partial charge in [0.25, 0.3) is 11.8 Å². The van der Waals surface area contributed by atoms with Gasteiger partial charge in [-0.05, 0) is 55.0 Å². The SMILES string of the molecule is CNC(=O)c1c(NC(=O)c2ccc(F)cc2)sc2c1CC[C@@H](C)C2. The van der Waals surface area contributed by atoms with Gasteiger partial charge in [-0.3, -0.25) is 9.59 Å². The van der Waals surface area contributed by atoms with Crippen molar-refractivity contribution in [2.45, 2.75) is 26.2 Å². The van der Waals surface area contributed by atoms with Crippen LogP contribution in [0.15, 0.2) is 24.3 Å². The zero-order valence-corrected chi connectivity index (χ0v) is 14.4. The summed E-state index contributed by atoms with van der Waals surface area (Å²) in [4.78, 5) is 25.9. The molecule has 24 heavy (non-hydrogen) atoms. The van der Waals surface area contributed by atoms with Gasteiger partial charge in [0.2, 0.25) is 0 Å². The number of halogens is 1. The van der Waals surface area contributed by atoms with Crippen LogP contribution in [0.1, 0.15) is 44.5 Å². The van der Waals surface area contributed by atoms with Gasteiger partial charge in [-0.2, -0.15) is 0 Å². The summed E-state index contributed by atoms with van der Waals surface area (Å²) in [7, 11) is 1.59. The molecule has 126 valence electrons. The van der Waals surface area contributed by atoms with Gasteiger partial charge in [0.15, 0.2) is 0 Å². The molecule has 4 nitrogen and oxygen atoms in total. The van der Waals surface area contributed by atoms with Gasteiger partial charge in [-0.25, -0.2) is 4.39 Å². The van der Waals surface area contributed by atoms with Crippen LogP contribution in [0.2, 0.25) is 0 Å². The monoisotopic (exact) mass is 346 g/mol. The predicted octanol–water partition coefficient (Wildman–Crippen LogP) is 3.62. The zero-order chi connectivity index (χ0) is 17.3. The number of carbonyl (C=O) groups excluding carboxylic acids is 2. The van der Waals surface area contributed by atoms with Crippen molar-refractivity contribution in [3.05, 3.63) is 51.7 Å². The number of nitrogens with one attached hydrogen (secondary N) is 2. The summed E-state index contributed by atoms with van der Waals surface area (Å²) < 4.78 is 13.0. The van der Waals surface area contributed by atoms with E-state index in [1.807, 2.05) is 0 Å². The Morgan fingerprint density at radius 3 is 2.58 bits per heavy atom. The first-order chi connectivity index (χ1) is 11.5. The maximum Gasteiger partial charge on any atom is 0.256 e. The summed E-state index contributed by atoms with van der Waals surface area (Å²) >= 11 is 1.47. The molecular formula is C18H19FN2O2S. The molecule has 1 atom stereocenters. The first-order valence-electron chi connectivity index (χ1n) is 7.93. The van der Waals surface area contributed by atoms with Crippen molar-refractivity contribution >= 4 is 28.2 Å². The maximum atomic E-state index is 13.0. The molecule has 2 amide bonds. The fourth-order valence-electron chi connectivity index (χ4n) is 2.98. The van der Waals surface area contributed by atoms with Crippen molar-refractivity contribution in [1.29, 1.82) is 0 Å². The number of anilines is 1. The molecule has 1 aromatic carbocycles. The average molecular weight is 346 g/mol. The molecule has 3 rings (SSSR count). The lowest BCUT2D eigenvalue weighted by Crippen LogP contribution is -2.22. The summed E-state index contributed by atoms with van der Waals surface area (Å²) in [6, 6.07) is 5.35. The second-order valence-electron chi connectivity index (χ2n) is 6.10. The Balaban J connectivity index is 1.93. The highest BCUT2D eigenvalue weighted by Crippen LogP contribution is 2.39. The van der Waals surface area contributed by atoms with Gasteiger partial charge in [0.1, 0.15) is 10.8 Å². The maximum absolute atomic E-state index is 13.0. The molecule has 2 aromatic rings. The minimum Gasteiger partial charge on any atom is -0.355 e. The minimum absolute atomic E-state index is 0.184. The minimum atomic E-state index is -0.391. The first kappa shape index (κ1) is 16.6. The van der Waals surface area contributed by atoms with Crippen LogP contribution in [0.25, 0.3) is 0 Å². The number of rotatable bonds is 3. The van der Waals surface area contributed by atoms with Gasteiger partial charge in [0, 0.05) is 17.5 Å². The van der Waals surface area contributed by atoms with E-state index in [-0.39, 0.29) is 11.8 Å². The van der Waals surface area contributed by atoms with Gasteiger partial charge in [-0.15, -0.1) is 11.3 Å². The molecule has 0 saturated heterocycles. The summed E-state index contributed by atoms with van der Waals surface area (Å²) in [6.07, 6.45) is 2.82. The molecular weight excluding hydrogens is 327 g/mol. The van der Waals surface area contributed by atoms with Crippen LogP contribution in [0.3, 0.4) is 0 Å². The highest BCUT2D eigenvalue weighted by Gasteiger charge is 2.28. The Hall–Kier alpha value is -2.21. The highest BCUT2D eigenvalue weighted by molar-refractivity contribution is 7.17. The van der Waals surface area contributed by atoms with E-state index in [2.05, 4.69) is 17.6 Å². The summed E-state index contributed by atoms with van der Waals surface area (Å²) in [5, 5.41) is 6.06. The standard InChI is InChI=1S/C18H19FN2O2S/c1-10-3-8-13-14(9-10)24-18(15(13)17(23)20-2)21-16(22)11-4-6-12(19)7-5-11/h4-7,10H,3,8-9H2,1-2H3,(H,20,23)(H,21,22)/t10-/m1/s1. The van der Waals surface area contributed by atoms with Crippen LogP contribution in [0.4, 0.5) is 9.39 Å². The Labute approximate surface area is 144 Å². The van der Waals surface area contributed by atoms with E-state index in [0.717, 1.165) is 24.8 Å². The van der Waals surface area contributed by atoms with Crippen molar-refractivity contribution < 1.29 is 14.0 Å². The van der Waals surface area contributed by atoms with Crippen LogP contribution in [0, 0.1) is 11.7 Å².